The van der Waals surface area contributed by atoms with E-state index in [1.165, 1.54) is 25.8 Å². The lowest BCUT2D eigenvalue weighted by Crippen LogP contribution is -2.41. The van der Waals surface area contributed by atoms with E-state index in [4.69, 9.17) is 5.73 Å². The van der Waals surface area contributed by atoms with Crippen molar-refractivity contribution in [3.05, 3.63) is 0 Å². The van der Waals surface area contributed by atoms with E-state index in [-0.39, 0.29) is 11.8 Å². The van der Waals surface area contributed by atoms with E-state index in [1.807, 2.05) is 0 Å². The first kappa shape index (κ1) is 14.8. The molecular formula is C15H29N3O. The normalized spacial score (nSPS) is 32.4. The van der Waals surface area contributed by atoms with Gasteiger partial charge in [0.15, 0.2) is 0 Å². The zero-order valence-corrected chi connectivity index (χ0v) is 12.2. The van der Waals surface area contributed by atoms with Crippen LogP contribution in [0.25, 0.3) is 0 Å². The number of amides is 1. The number of nitrogens with one attached hydrogen (secondary N) is 1. The highest BCUT2D eigenvalue weighted by Crippen LogP contribution is 2.29. The SMILES string of the molecule is CCN1CCC(CNC(=O)C2CCCCC2CN)C1. The zero-order chi connectivity index (χ0) is 13.7. The Morgan fingerprint density at radius 3 is 2.79 bits per heavy atom. The van der Waals surface area contributed by atoms with Gasteiger partial charge in [-0.1, -0.05) is 19.8 Å². The molecule has 1 aliphatic carbocycles. The van der Waals surface area contributed by atoms with Crippen LogP contribution in [0.3, 0.4) is 0 Å². The highest BCUT2D eigenvalue weighted by atomic mass is 16.1. The number of likely N-dealkylation sites (tertiary alicyclic amines) is 1. The lowest BCUT2D eigenvalue weighted by molar-refractivity contribution is -0.127. The molecule has 1 saturated carbocycles. The summed E-state index contributed by atoms with van der Waals surface area (Å²) in [7, 11) is 0. The topological polar surface area (TPSA) is 58.4 Å². The molecule has 0 bridgehead atoms. The van der Waals surface area contributed by atoms with E-state index in [0.717, 1.165) is 32.5 Å². The average molecular weight is 267 g/mol. The van der Waals surface area contributed by atoms with Crippen molar-refractivity contribution in [1.82, 2.24) is 10.2 Å². The molecule has 110 valence electrons. The van der Waals surface area contributed by atoms with Crippen molar-refractivity contribution >= 4 is 5.91 Å². The summed E-state index contributed by atoms with van der Waals surface area (Å²) in [6, 6.07) is 0. The standard InChI is InChI=1S/C15H29N3O/c1-2-18-8-7-12(11-18)10-17-15(19)14-6-4-3-5-13(14)9-16/h12-14H,2-11,16H2,1H3,(H,17,19). The molecule has 0 aromatic carbocycles. The quantitative estimate of drug-likeness (QED) is 0.787. The summed E-state index contributed by atoms with van der Waals surface area (Å²) in [6.07, 6.45) is 5.79. The maximum atomic E-state index is 12.3. The number of hydrogen-bond acceptors (Lipinski definition) is 3. The lowest BCUT2D eigenvalue weighted by atomic mass is 9.78. The first-order valence-electron chi connectivity index (χ1n) is 7.94. The Hall–Kier alpha value is -0.610. The van der Waals surface area contributed by atoms with Gasteiger partial charge < -0.3 is 16.0 Å². The van der Waals surface area contributed by atoms with E-state index in [0.29, 0.717) is 18.4 Å². The fourth-order valence-corrected chi connectivity index (χ4v) is 3.58. The van der Waals surface area contributed by atoms with Crippen LogP contribution in [0.1, 0.15) is 39.0 Å². The molecule has 1 amide bonds. The summed E-state index contributed by atoms with van der Waals surface area (Å²) in [5.74, 6) is 1.47. The molecule has 3 unspecified atom stereocenters. The van der Waals surface area contributed by atoms with Crippen LogP contribution >= 0.6 is 0 Å². The highest BCUT2D eigenvalue weighted by molar-refractivity contribution is 5.79. The van der Waals surface area contributed by atoms with Crippen molar-refractivity contribution in [3.8, 4) is 0 Å². The van der Waals surface area contributed by atoms with Gasteiger partial charge >= 0.3 is 0 Å². The molecule has 2 aliphatic rings. The molecule has 0 spiro atoms. The summed E-state index contributed by atoms with van der Waals surface area (Å²) in [6.45, 7) is 7.17. The summed E-state index contributed by atoms with van der Waals surface area (Å²) >= 11 is 0. The molecule has 0 aromatic rings. The second kappa shape index (κ2) is 7.25. The third-order valence-electron chi connectivity index (χ3n) is 4.93. The van der Waals surface area contributed by atoms with Crippen molar-refractivity contribution in [2.75, 3.05) is 32.7 Å². The van der Waals surface area contributed by atoms with E-state index in [1.54, 1.807) is 0 Å². The molecule has 4 nitrogen and oxygen atoms in total. The molecule has 3 atom stereocenters. The first-order valence-corrected chi connectivity index (χ1v) is 7.94. The van der Waals surface area contributed by atoms with Gasteiger partial charge in [0.05, 0.1) is 0 Å². The predicted molar refractivity (Wildman–Crippen MR) is 77.7 cm³/mol. The molecule has 3 N–H and O–H groups in total. The maximum absolute atomic E-state index is 12.3. The Labute approximate surface area is 117 Å². The minimum absolute atomic E-state index is 0.169. The number of rotatable bonds is 5. The molecule has 1 aliphatic heterocycles. The zero-order valence-electron chi connectivity index (χ0n) is 12.2. The van der Waals surface area contributed by atoms with Gasteiger partial charge in [-0.3, -0.25) is 4.79 Å². The average Bonchev–Trinajstić information content (AvgIpc) is 2.92. The Balaban J connectivity index is 1.74. The van der Waals surface area contributed by atoms with Gasteiger partial charge in [-0.2, -0.15) is 0 Å². The van der Waals surface area contributed by atoms with Crippen LogP contribution in [0, 0.1) is 17.8 Å². The van der Waals surface area contributed by atoms with Gasteiger partial charge in [-0.05, 0) is 50.7 Å². The molecule has 0 radical (unpaired) electrons. The molecule has 0 aromatic heterocycles. The van der Waals surface area contributed by atoms with Crippen molar-refractivity contribution in [3.63, 3.8) is 0 Å². The van der Waals surface area contributed by atoms with E-state index in [2.05, 4.69) is 17.1 Å². The number of carbonyl (C=O) groups excluding carboxylic acids is 1. The Kier molecular flexibility index (Phi) is 5.64. The van der Waals surface area contributed by atoms with Crippen LogP contribution in [-0.2, 0) is 4.79 Å². The third-order valence-corrected chi connectivity index (χ3v) is 4.93. The Morgan fingerprint density at radius 2 is 2.11 bits per heavy atom. The molecule has 1 saturated heterocycles. The fraction of sp³-hybridized carbons (Fsp3) is 0.933. The second-order valence-electron chi connectivity index (χ2n) is 6.18. The number of nitrogens with two attached hydrogens (primary N) is 1. The van der Waals surface area contributed by atoms with Crippen LogP contribution in [0.5, 0.6) is 0 Å². The van der Waals surface area contributed by atoms with Crippen molar-refractivity contribution in [2.24, 2.45) is 23.5 Å². The minimum atomic E-state index is 0.169. The molecule has 4 heteroatoms. The largest absolute Gasteiger partial charge is 0.356 e. The van der Waals surface area contributed by atoms with Gasteiger partial charge in [-0.25, -0.2) is 0 Å². The van der Waals surface area contributed by atoms with Crippen molar-refractivity contribution in [2.45, 2.75) is 39.0 Å². The lowest BCUT2D eigenvalue weighted by Gasteiger charge is -2.29. The minimum Gasteiger partial charge on any atom is -0.356 e. The van der Waals surface area contributed by atoms with E-state index >= 15 is 0 Å². The Bertz CT molecular complexity index is 295. The van der Waals surface area contributed by atoms with Crippen molar-refractivity contribution in [1.29, 1.82) is 0 Å². The van der Waals surface area contributed by atoms with Crippen LogP contribution in [0.15, 0.2) is 0 Å². The monoisotopic (exact) mass is 267 g/mol. The summed E-state index contributed by atoms with van der Waals surface area (Å²) in [5, 5.41) is 3.18. The van der Waals surface area contributed by atoms with Crippen molar-refractivity contribution < 1.29 is 4.79 Å². The number of nitrogens with zero attached hydrogens (tertiary/aromatic N) is 1. The summed E-state index contributed by atoms with van der Waals surface area (Å²) in [4.78, 5) is 14.8. The highest BCUT2D eigenvalue weighted by Gasteiger charge is 2.30. The first-order chi connectivity index (χ1) is 9.24. The molecule has 2 rings (SSSR count). The van der Waals surface area contributed by atoms with Gasteiger partial charge in [0.25, 0.3) is 0 Å². The second-order valence-corrected chi connectivity index (χ2v) is 6.18. The van der Waals surface area contributed by atoms with E-state index < -0.39 is 0 Å². The van der Waals surface area contributed by atoms with Gasteiger partial charge in [0.2, 0.25) is 5.91 Å². The smallest absolute Gasteiger partial charge is 0.223 e. The van der Waals surface area contributed by atoms with Gasteiger partial charge in [-0.15, -0.1) is 0 Å². The fourth-order valence-electron chi connectivity index (χ4n) is 3.58. The number of carbonyl (C=O) groups is 1. The van der Waals surface area contributed by atoms with E-state index in [9.17, 15) is 4.79 Å². The van der Waals surface area contributed by atoms with Crippen LogP contribution in [0.4, 0.5) is 0 Å². The van der Waals surface area contributed by atoms with Crippen LogP contribution in [0.2, 0.25) is 0 Å². The predicted octanol–water partition coefficient (Wildman–Crippen LogP) is 1.21. The summed E-state index contributed by atoms with van der Waals surface area (Å²) in [5.41, 5.74) is 5.80. The molecule has 1 heterocycles. The Morgan fingerprint density at radius 1 is 1.32 bits per heavy atom. The molecule has 19 heavy (non-hydrogen) atoms. The van der Waals surface area contributed by atoms with Gasteiger partial charge in [0.1, 0.15) is 0 Å². The van der Waals surface area contributed by atoms with Gasteiger partial charge in [0, 0.05) is 19.0 Å². The molecule has 2 fully saturated rings. The summed E-state index contributed by atoms with van der Waals surface area (Å²) < 4.78 is 0. The maximum Gasteiger partial charge on any atom is 0.223 e. The van der Waals surface area contributed by atoms with Crippen LogP contribution < -0.4 is 11.1 Å². The number of hydrogen-bond donors (Lipinski definition) is 2. The molecular weight excluding hydrogens is 238 g/mol. The third kappa shape index (κ3) is 3.93. The van der Waals surface area contributed by atoms with Crippen LogP contribution in [-0.4, -0.2) is 43.5 Å².